The van der Waals surface area contributed by atoms with E-state index in [0.29, 0.717) is 29.9 Å². The number of rotatable bonds is 5. The van der Waals surface area contributed by atoms with Crippen molar-refractivity contribution in [3.05, 3.63) is 52.1 Å². The van der Waals surface area contributed by atoms with Crippen LogP contribution in [0.15, 0.2) is 30.3 Å². The number of likely N-dealkylation sites (tertiary alicyclic amines) is 1. The fourth-order valence-electron chi connectivity index (χ4n) is 3.92. The van der Waals surface area contributed by atoms with Crippen LogP contribution in [0.1, 0.15) is 42.8 Å². The van der Waals surface area contributed by atoms with Gasteiger partial charge in [-0.2, -0.15) is 0 Å². The highest BCUT2D eigenvalue weighted by atomic mass is 32.1. The van der Waals surface area contributed by atoms with Crippen LogP contribution < -0.4 is 4.74 Å². The highest BCUT2D eigenvalue weighted by Crippen LogP contribution is 2.33. The summed E-state index contributed by atoms with van der Waals surface area (Å²) in [4.78, 5) is 6.97. The topological polar surface area (TPSA) is 47.6 Å². The predicted octanol–water partition coefficient (Wildman–Crippen LogP) is 4.07. The maximum atomic E-state index is 5.67. The van der Waals surface area contributed by atoms with E-state index in [1.165, 1.54) is 12.0 Å². The molecule has 0 N–H and O–H groups in total. The second-order valence-electron chi connectivity index (χ2n) is 7.07. The number of ether oxygens (including phenoxy) is 1. The normalized spacial score (nSPS) is 17.7. The maximum absolute atomic E-state index is 5.67. The molecule has 1 fully saturated rings. The van der Waals surface area contributed by atoms with Crippen LogP contribution in [0.25, 0.3) is 5.78 Å². The molecule has 0 spiro atoms. The molecule has 0 aliphatic carbocycles. The Bertz CT molecular complexity index is 1010. The van der Waals surface area contributed by atoms with Crippen LogP contribution in [0.5, 0.6) is 5.75 Å². The van der Waals surface area contributed by atoms with Gasteiger partial charge < -0.3 is 4.74 Å². The number of benzene rings is 1. The minimum atomic E-state index is 0.378. The molecular formula is C20H25N5OS. The number of nitrogens with zero attached hydrogens (tertiary/aromatic N) is 5. The van der Waals surface area contributed by atoms with Crippen LogP contribution >= 0.6 is 12.2 Å². The van der Waals surface area contributed by atoms with Gasteiger partial charge in [-0.3, -0.25) is 9.30 Å². The number of fused-ring (bicyclic) bond motifs is 1. The Morgan fingerprint density at radius 2 is 2.00 bits per heavy atom. The van der Waals surface area contributed by atoms with Gasteiger partial charge in [-0.25, -0.2) is 9.67 Å². The Hall–Kier alpha value is -2.25. The molecule has 2 aromatic heterocycles. The van der Waals surface area contributed by atoms with Crippen molar-refractivity contribution in [2.45, 2.75) is 46.3 Å². The van der Waals surface area contributed by atoms with Gasteiger partial charge in [0.05, 0.1) is 13.3 Å². The summed E-state index contributed by atoms with van der Waals surface area (Å²) in [5.41, 5.74) is 3.34. The third-order valence-electron chi connectivity index (χ3n) is 5.12. The fourth-order valence-corrected chi connectivity index (χ4v) is 4.25. The van der Waals surface area contributed by atoms with E-state index in [1.54, 1.807) is 0 Å². The minimum Gasteiger partial charge on any atom is -0.494 e. The van der Waals surface area contributed by atoms with E-state index in [2.05, 4.69) is 39.2 Å². The Morgan fingerprint density at radius 1 is 1.22 bits per heavy atom. The highest BCUT2D eigenvalue weighted by molar-refractivity contribution is 7.71. The number of aryl methyl sites for hydroxylation is 2. The molecule has 0 amide bonds. The number of hydrogen-bond donors (Lipinski definition) is 0. The van der Waals surface area contributed by atoms with Crippen LogP contribution in [-0.2, 0) is 6.67 Å². The van der Waals surface area contributed by atoms with Crippen molar-refractivity contribution >= 4 is 18.0 Å². The van der Waals surface area contributed by atoms with Gasteiger partial charge in [0.25, 0.3) is 5.78 Å². The number of aromatic nitrogens is 4. The SMILES string of the molecule is CCOc1ccc([C@@H]2CCCN2Cn2nc3nc(C)cc(C)n3c2=S)cc1. The Kier molecular flexibility index (Phi) is 4.97. The second kappa shape index (κ2) is 7.40. The molecule has 0 bridgehead atoms. The average Bonchev–Trinajstić information content (AvgIpc) is 3.21. The molecule has 1 aliphatic rings. The Balaban J connectivity index is 1.60. The van der Waals surface area contributed by atoms with Gasteiger partial charge in [0.1, 0.15) is 5.75 Å². The van der Waals surface area contributed by atoms with Crippen molar-refractivity contribution < 1.29 is 4.74 Å². The van der Waals surface area contributed by atoms with Crippen LogP contribution in [0.2, 0.25) is 0 Å². The molecule has 3 heterocycles. The van der Waals surface area contributed by atoms with Gasteiger partial charge in [-0.05, 0) is 69.6 Å². The predicted molar refractivity (Wildman–Crippen MR) is 108 cm³/mol. The number of hydrogen-bond acceptors (Lipinski definition) is 5. The van der Waals surface area contributed by atoms with Crippen LogP contribution in [-0.4, -0.2) is 37.2 Å². The van der Waals surface area contributed by atoms with E-state index < -0.39 is 0 Å². The fraction of sp³-hybridized carbons (Fsp3) is 0.450. The summed E-state index contributed by atoms with van der Waals surface area (Å²) in [7, 11) is 0. The van der Waals surface area contributed by atoms with E-state index in [-0.39, 0.29) is 0 Å². The lowest BCUT2D eigenvalue weighted by atomic mass is 10.0. The first-order chi connectivity index (χ1) is 13.1. The molecule has 0 saturated carbocycles. The molecule has 1 aromatic carbocycles. The van der Waals surface area contributed by atoms with Gasteiger partial charge in [0, 0.05) is 24.0 Å². The van der Waals surface area contributed by atoms with Gasteiger partial charge in [0.2, 0.25) is 4.77 Å². The van der Waals surface area contributed by atoms with Gasteiger partial charge in [-0.15, -0.1) is 5.10 Å². The summed E-state index contributed by atoms with van der Waals surface area (Å²) in [6.45, 7) is 8.44. The summed E-state index contributed by atoms with van der Waals surface area (Å²) in [6.07, 6.45) is 2.32. The summed E-state index contributed by atoms with van der Waals surface area (Å²) >= 11 is 5.67. The first-order valence-corrected chi connectivity index (χ1v) is 9.88. The highest BCUT2D eigenvalue weighted by Gasteiger charge is 2.27. The summed E-state index contributed by atoms with van der Waals surface area (Å²) in [6, 6.07) is 10.9. The largest absolute Gasteiger partial charge is 0.494 e. The van der Waals surface area contributed by atoms with Crippen molar-refractivity contribution in [2.75, 3.05) is 13.2 Å². The zero-order chi connectivity index (χ0) is 19.0. The van der Waals surface area contributed by atoms with Crippen LogP contribution in [0, 0.1) is 18.6 Å². The van der Waals surface area contributed by atoms with Crippen molar-refractivity contribution in [1.82, 2.24) is 24.1 Å². The van der Waals surface area contributed by atoms with E-state index in [1.807, 2.05) is 35.9 Å². The maximum Gasteiger partial charge on any atom is 0.254 e. The summed E-state index contributed by atoms with van der Waals surface area (Å²) in [5, 5.41) is 4.67. The summed E-state index contributed by atoms with van der Waals surface area (Å²) < 4.78 is 10.1. The standard InChI is InChI=1S/C20H25N5OS/c1-4-26-17-9-7-16(8-10-17)18-6-5-11-23(18)13-24-20(27)25-15(3)12-14(2)21-19(25)22-24/h7-10,12,18H,4-6,11,13H2,1-3H3/t18-/m0/s1. The Labute approximate surface area is 164 Å². The average molecular weight is 384 g/mol. The third-order valence-corrected chi connectivity index (χ3v) is 5.52. The molecule has 1 atom stereocenters. The first-order valence-electron chi connectivity index (χ1n) is 9.47. The summed E-state index contributed by atoms with van der Waals surface area (Å²) in [5.74, 6) is 1.60. The molecular weight excluding hydrogens is 358 g/mol. The molecule has 0 radical (unpaired) electrons. The first kappa shape index (κ1) is 18.1. The zero-order valence-corrected chi connectivity index (χ0v) is 16.9. The lowest BCUT2D eigenvalue weighted by Crippen LogP contribution is -2.27. The minimum absolute atomic E-state index is 0.378. The molecule has 142 valence electrons. The van der Waals surface area contributed by atoms with Gasteiger partial charge >= 0.3 is 0 Å². The van der Waals surface area contributed by atoms with Crippen molar-refractivity contribution in [2.24, 2.45) is 0 Å². The molecule has 27 heavy (non-hydrogen) atoms. The lowest BCUT2D eigenvalue weighted by Gasteiger charge is -2.24. The van der Waals surface area contributed by atoms with E-state index in [0.717, 1.165) is 30.1 Å². The second-order valence-corrected chi connectivity index (χ2v) is 7.44. The van der Waals surface area contributed by atoms with Gasteiger partial charge in [-0.1, -0.05) is 12.1 Å². The molecule has 1 aliphatic heterocycles. The smallest absolute Gasteiger partial charge is 0.254 e. The monoisotopic (exact) mass is 383 g/mol. The van der Waals surface area contributed by atoms with Crippen molar-refractivity contribution in [3.8, 4) is 5.75 Å². The molecule has 6 nitrogen and oxygen atoms in total. The van der Waals surface area contributed by atoms with E-state index in [9.17, 15) is 0 Å². The molecule has 7 heteroatoms. The molecule has 4 rings (SSSR count). The molecule has 0 unspecified atom stereocenters. The molecule has 3 aromatic rings. The Morgan fingerprint density at radius 3 is 2.74 bits per heavy atom. The third kappa shape index (κ3) is 3.49. The molecule has 1 saturated heterocycles. The lowest BCUT2D eigenvalue weighted by molar-refractivity contribution is 0.190. The van der Waals surface area contributed by atoms with Crippen molar-refractivity contribution in [1.29, 1.82) is 0 Å². The van der Waals surface area contributed by atoms with Gasteiger partial charge in [0.15, 0.2) is 0 Å². The van der Waals surface area contributed by atoms with E-state index >= 15 is 0 Å². The van der Waals surface area contributed by atoms with Crippen LogP contribution in [0.3, 0.4) is 0 Å². The zero-order valence-electron chi connectivity index (χ0n) is 16.1. The van der Waals surface area contributed by atoms with E-state index in [4.69, 9.17) is 17.0 Å². The van der Waals surface area contributed by atoms with Crippen molar-refractivity contribution in [3.63, 3.8) is 0 Å². The quantitative estimate of drug-likeness (QED) is 0.622. The van der Waals surface area contributed by atoms with Crippen LogP contribution in [0.4, 0.5) is 0 Å².